The summed E-state index contributed by atoms with van der Waals surface area (Å²) in [5.74, 6) is 1.54. The van der Waals surface area contributed by atoms with Crippen LogP contribution in [0, 0.1) is 20.8 Å². The Morgan fingerprint density at radius 1 is 1.12 bits per heavy atom. The third kappa shape index (κ3) is 4.32. The molecule has 2 N–H and O–H groups in total. The lowest BCUT2D eigenvalue weighted by molar-refractivity contribution is -0.133. The van der Waals surface area contributed by atoms with Crippen molar-refractivity contribution in [1.29, 1.82) is 0 Å². The van der Waals surface area contributed by atoms with Gasteiger partial charge in [0, 0.05) is 31.4 Å². The van der Waals surface area contributed by atoms with Crippen molar-refractivity contribution >= 4 is 22.6 Å². The van der Waals surface area contributed by atoms with Crippen molar-refractivity contribution in [2.24, 2.45) is 0 Å². The van der Waals surface area contributed by atoms with Crippen molar-refractivity contribution in [2.45, 2.75) is 59.1 Å². The zero-order valence-corrected chi connectivity index (χ0v) is 19.6. The molecule has 4 rings (SSSR count). The lowest BCUT2D eigenvalue weighted by atomic mass is 9.83. The van der Waals surface area contributed by atoms with Crippen LogP contribution in [0.4, 0.5) is 5.82 Å². The summed E-state index contributed by atoms with van der Waals surface area (Å²) in [6.45, 7) is 10.8. The van der Waals surface area contributed by atoms with Gasteiger partial charge < -0.3 is 15.3 Å². The van der Waals surface area contributed by atoms with Crippen LogP contribution in [0.15, 0.2) is 36.4 Å². The van der Waals surface area contributed by atoms with Gasteiger partial charge in [0.15, 0.2) is 0 Å². The summed E-state index contributed by atoms with van der Waals surface area (Å²) in [4.78, 5) is 22.9. The van der Waals surface area contributed by atoms with Gasteiger partial charge in [-0.3, -0.25) is 4.79 Å². The number of hydrogen-bond donors (Lipinski definition) is 2. The van der Waals surface area contributed by atoms with Crippen LogP contribution in [0.5, 0.6) is 0 Å². The van der Waals surface area contributed by atoms with E-state index in [-0.39, 0.29) is 11.9 Å². The third-order valence-electron chi connectivity index (χ3n) is 6.57. The maximum absolute atomic E-state index is 11.7. The topological polar surface area (TPSA) is 78.4 Å². The first kappa shape index (κ1) is 22.2. The van der Waals surface area contributed by atoms with E-state index in [0.717, 1.165) is 27.8 Å². The van der Waals surface area contributed by atoms with Gasteiger partial charge in [-0.2, -0.15) is 0 Å². The Morgan fingerprint density at radius 2 is 1.84 bits per heavy atom. The largest absolute Gasteiger partial charge is 0.385 e. The van der Waals surface area contributed by atoms with Gasteiger partial charge in [0.2, 0.25) is 5.91 Å². The number of aliphatic hydroxyl groups is 1. The molecule has 1 aliphatic rings. The fraction of sp³-hybridized carbons (Fsp3) is 0.423. The van der Waals surface area contributed by atoms with Crippen molar-refractivity contribution in [3.05, 3.63) is 64.5 Å². The predicted octanol–water partition coefficient (Wildman–Crippen LogP) is 4.56. The first-order valence-corrected chi connectivity index (χ1v) is 11.3. The molecule has 2 heterocycles. The van der Waals surface area contributed by atoms with Crippen LogP contribution in [0.1, 0.15) is 60.8 Å². The van der Waals surface area contributed by atoms with Crippen LogP contribution < -0.4 is 5.32 Å². The molecule has 2 aromatic carbocycles. The maximum atomic E-state index is 11.7. The van der Waals surface area contributed by atoms with Crippen LogP contribution in [0.25, 0.3) is 10.9 Å². The molecule has 1 amide bonds. The van der Waals surface area contributed by atoms with Gasteiger partial charge in [-0.05, 0) is 63.3 Å². The minimum Gasteiger partial charge on any atom is -0.385 e. The minimum absolute atomic E-state index is 0.0576. The Bertz CT molecular complexity index is 1170. The van der Waals surface area contributed by atoms with Gasteiger partial charge in [-0.15, -0.1) is 0 Å². The summed E-state index contributed by atoms with van der Waals surface area (Å²) >= 11 is 0. The van der Waals surface area contributed by atoms with Crippen LogP contribution in [-0.4, -0.2) is 39.0 Å². The monoisotopic (exact) mass is 432 g/mol. The number of amides is 1. The average molecular weight is 433 g/mol. The van der Waals surface area contributed by atoms with Crippen LogP contribution in [0.2, 0.25) is 0 Å². The Balaban J connectivity index is 1.72. The molecule has 32 heavy (non-hydrogen) atoms. The molecule has 168 valence electrons. The summed E-state index contributed by atoms with van der Waals surface area (Å²) in [7, 11) is 0. The van der Waals surface area contributed by atoms with E-state index >= 15 is 0 Å². The Kier molecular flexibility index (Phi) is 5.91. The molecule has 0 spiro atoms. The van der Waals surface area contributed by atoms with E-state index in [1.54, 1.807) is 11.8 Å². The molecule has 0 unspecified atom stereocenters. The number of hydrogen-bond acceptors (Lipinski definition) is 5. The molecule has 1 saturated heterocycles. The molecule has 6 heteroatoms. The first-order chi connectivity index (χ1) is 15.2. The van der Waals surface area contributed by atoms with Crippen molar-refractivity contribution in [3.63, 3.8) is 0 Å². The fourth-order valence-corrected chi connectivity index (χ4v) is 4.60. The Morgan fingerprint density at radius 3 is 2.50 bits per heavy atom. The zero-order valence-electron chi connectivity index (χ0n) is 19.6. The first-order valence-electron chi connectivity index (χ1n) is 11.3. The van der Waals surface area contributed by atoms with E-state index in [1.165, 1.54) is 11.1 Å². The number of nitrogens with one attached hydrogen (secondary N) is 1. The van der Waals surface area contributed by atoms with E-state index in [4.69, 9.17) is 4.98 Å². The number of carbonyl (C=O) groups excluding carboxylic acids is 1. The van der Waals surface area contributed by atoms with E-state index in [2.05, 4.69) is 48.4 Å². The van der Waals surface area contributed by atoms with Crippen molar-refractivity contribution in [1.82, 2.24) is 14.9 Å². The van der Waals surface area contributed by atoms with Crippen molar-refractivity contribution in [2.75, 3.05) is 18.4 Å². The van der Waals surface area contributed by atoms with Gasteiger partial charge in [-0.25, -0.2) is 9.97 Å². The van der Waals surface area contributed by atoms with Gasteiger partial charge in [0.05, 0.1) is 11.1 Å². The summed E-state index contributed by atoms with van der Waals surface area (Å²) in [6, 6.07) is 12.6. The highest BCUT2D eigenvalue weighted by atomic mass is 16.3. The second-order valence-corrected chi connectivity index (χ2v) is 9.13. The molecular formula is C26H32N4O2. The number of nitrogens with zero attached hydrogens (tertiary/aromatic N) is 3. The number of rotatable bonds is 4. The highest BCUT2D eigenvalue weighted by Crippen LogP contribution is 2.37. The van der Waals surface area contributed by atoms with E-state index in [9.17, 15) is 9.90 Å². The van der Waals surface area contributed by atoms with Crippen LogP contribution >= 0.6 is 0 Å². The second kappa shape index (κ2) is 8.51. The zero-order chi connectivity index (χ0) is 23.0. The number of aromatic nitrogens is 2. The molecule has 1 atom stereocenters. The molecule has 0 aliphatic carbocycles. The molecule has 6 nitrogen and oxygen atoms in total. The molecule has 1 fully saturated rings. The lowest BCUT2D eigenvalue weighted by Gasteiger charge is -2.38. The van der Waals surface area contributed by atoms with Gasteiger partial charge in [0.1, 0.15) is 11.6 Å². The van der Waals surface area contributed by atoms with E-state index in [1.807, 2.05) is 26.0 Å². The average Bonchev–Trinajstić information content (AvgIpc) is 2.74. The van der Waals surface area contributed by atoms with E-state index < -0.39 is 5.60 Å². The smallest absolute Gasteiger partial charge is 0.219 e. The number of likely N-dealkylation sites (tertiary alicyclic amines) is 1. The fourth-order valence-electron chi connectivity index (χ4n) is 4.60. The maximum Gasteiger partial charge on any atom is 0.219 e. The Hall–Kier alpha value is -2.99. The van der Waals surface area contributed by atoms with Crippen LogP contribution in [0.3, 0.4) is 0 Å². The number of piperidine rings is 1. The molecule has 0 saturated carbocycles. The molecule has 3 aromatic rings. The lowest BCUT2D eigenvalue weighted by Crippen LogP contribution is -2.44. The summed E-state index contributed by atoms with van der Waals surface area (Å²) in [6.07, 6.45) is 1.04. The number of fused-ring (bicyclic) bond motifs is 1. The molecule has 1 aromatic heterocycles. The number of carbonyl (C=O) groups is 1. The molecule has 1 aliphatic heterocycles. The molecule has 0 radical (unpaired) electrons. The third-order valence-corrected chi connectivity index (χ3v) is 6.57. The highest BCUT2D eigenvalue weighted by Gasteiger charge is 2.35. The van der Waals surface area contributed by atoms with Gasteiger partial charge in [0.25, 0.3) is 0 Å². The number of aryl methyl sites for hydroxylation is 3. The highest BCUT2D eigenvalue weighted by molar-refractivity contribution is 5.92. The van der Waals surface area contributed by atoms with Crippen LogP contribution in [-0.2, 0) is 10.4 Å². The Labute approximate surface area is 189 Å². The molecular weight excluding hydrogens is 400 g/mol. The predicted molar refractivity (Wildman–Crippen MR) is 128 cm³/mol. The van der Waals surface area contributed by atoms with Crippen molar-refractivity contribution < 1.29 is 9.90 Å². The normalized spacial score (nSPS) is 16.8. The summed E-state index contributed by atoms with van der Waals surface area (Å²) in [5.41, 5.74) is 4.22. The van der Waals surface area contributed by atoms with Crippen molar-refractivity contribution in [3.8, 4) is 0 Å². The quantitative estimate of drug-likeness (QED) is 0.632. The second-order valence-electron chi connectivity index (χ2n) is 9.13. The van der Waals surface area contributed by atoms with E-state index in [0.29, 0.717) is 31.8 Å². The van der Waals surface area contributed by atoms with Gasteiger partial charge >= 0.3 is 0 Å². The van der Waals surface area contributed by atoms with Gasteiger partial charge in [-0.1, -0.05) is 35.9 Å². The number of benzene rings is 2. The standard InChI is InChI=1S/C26H32N4O2/c1-16-7-6-8-21(13-16)18(3)27-25-23-15-22(14-17(2)24(23)28-19(4)29-25)26(32)9-11-30(12-10-26)20(5)31/h6-8,13-15,18,32H,9-12H2,1-5H3,(H,27,28,29)/t18-/m1/s1. The summed E-state index contributed by atoms with van der Waals surface area (Å²) < 4.78 is 0. The molecule has 0 bridgehead atoms. The minimum atomic E-state index is -0.963. The summed E-state index contributed by atoms with van der Waals surface area (Å²) in [5, 5.41) is 15.9. The number of anilines is 1. The SMILES string of the molecule is CC(=O)N1CCC(O)(c2cc(C)c3nc(C)nc(N[C@H](C)c4cccc(C)c4)c3c2)CC1.